The molecule has 0 aliphatic rings. The zero-order chi connectivity index (χ0) is 19.4. The Bertz CT molecular complexity index is 995. The van der Waals surface area contributed by atoms with E-state index < -0.39 is 11.9 Å². The molecule has 3 rings (SSSR count). The van der Waals surface area contributed by atoms with Crippen LogP contribution >= 0.6 is 11.6 Å². The molecule has 0 radical (unpaired) electrons. The van der Waals surface area contributed by atoms with E-state index in [4.69, 9.17) is 25.5 Å². The fraction of sp³-hybridized carbons (Fsp3) is 0.200. The molecule has 140 valence electrons. The maximum atomic E-state index is 12.1. The van der Waals surface area contributed by atoms with Crippen molar-refractivity contribution >= 4 is 40.1 Å². The Balaban J connectivity index is 1.56. The summed E-state index contributed by atoms with van der Waals surface area (Å²) < 4.78 is 15.6. The average molecular weight is 388 g/mol. The number of furan rings is 1. The summed E-state index contributed by atoms with van der Waals surface area (Å²) in [5, 5.41) is 3.98. The molecule has 1 heterocycles. The molecule has 1 amide bonds. The monoisotopic (exact) mass is 387 g/mol. The van der Waals surface area contributed by atoms with Gasteiger partial charge in [0.05, 0.1) is 19.8 Å². The van der Waals surface area contributed by atoms with E-state index in [1.807, 2.05) is 13.0 Å². The number of benzene rings is 2. The molecule has 3 aromatic rings. The first-order valence-electron chi connectivity index (χ1n) is 8.22. The summed E-state index contributed by atoms with van der Waals surface area (Å²) in [7, 11) is 1.57. The van der Waals surface area contributed by atoms with Crippen LogP contribution in [0.3, 0.4) is 0 Å². The number of esters is 1. The van der Waals surface area contributed by atoms with Crippen molar-refractivity contribution < 1.29 is 23.5 Å². The van der Waals surface area contributed by atoms with Crippen LogP contribution in [0.5, 0.6) is 5.75 Å². The fourth-order valence-corrected chi connectivity index (χ4v) is 2.77. The Morgan fingerprint density at radius 3 is 2.78 bits per heavy atom. The standard InChI is InChI=1S/C20H18ClNO5/c1-12-3-4-14(21)8-17(12)22-19(23)11-27-20(24)7-13-10-26-18-9-15(25-2)5-6-16(13)18/h3-6,8-10H,7,11H2,1-2H3,(H,22,23). The van der Waals surface area contributed by atoms with E-state index in [-0.39, 0.29) is 13.0 Å². The number of nitrogens with one attached hydrogen (secondary N) is 1. The number of ether oxygens (including phenoxy) is 2. The van der Waals surface area contributed by atoms with Crippen molar-refractivity contribution in [3.63, 3.8) is 0 Å². The van der Waals surface area contributed by atoms with Gasteiger partial charge in [-0.05, 0) is 36.8 Å². The molecule has 27 heavy (non-hydrogen) atoms. The number of rotatable bonds is 6. The molecule has 0 aliphatic heterocycles. The molecule has 0 atom stereocenters. The van der Waals surface area contributed by atoms with Gasteiger partial charge in [-0.3, -0.25) is 9.59 Å². The molecular formula is C20H18ClNO5. The third-order valence-electron chi connectivity index (χ3n) is 4.04. The maximum absolute atomic E-state index is 12.1. The van der Waals surface area contributed by atoms with Crippen molar-refractivity contribution in [1.29, 1.82) is 0 Å². The summed E-state index contributed by atoms with van der Waals surface area (Å²) in [6, 6.07) is 10.5. The highest BCUT2D eigenvalue weighted by Gasteiger charge is 2.14. The minimum absolute atomic E-state index is 0.00278. The number of fused-ring (bicyclic) bond motifs is 1. The third-order valence-corrected chi connectivity index (χ3v) is 4.27. The zero-order valence-corrected chi connectivity index (χ0v) is 15.6. The Kier molecular flexibility index (Phi) is 5.66. The van der Waals surface area contributed by atoms with Crippen LogP contribution in [0.4, 0.5) is 5.69 Å². The van der Waals surface area contributed by atoms with E-state index in [0.717, 1.165) is 10.9 Å². The van der Waals surface area contributed by atoms with Gasteiger partial charge in [0.2, 0.25) is 0 Å². The number of carbonyl (C=O) groups is 2. The van der Waals surface area contributed by atoms with Crippen LogP contribution in [-0.4, -0.2) is 25.6 Å². The first-order valence-corrected chi connectivity index (χ1v) is 8.60. The van der Waals surface area contributed by atoms with E-state index in [1.54, 1.807) is 37.4 Å². The van der Waals surface area contributed by atoms with Crippen molar-refractivity contribution in [2.45, 2.75) is 13.3 Å². The lowest BCUT2D eigenvalue weighted by Crippen LogP contribution is -2.22. The second kappa shape index (κ2) is 8.14. The summed E-state index contributed by atoms with van der Waals surface area (Å²) in [6.45, 7) is 1.46. The van der Waals surface area contributed by atoms with Crippen LogP contribution < -0.4 is 10.1 Å². The van der Waals surface area contributed by atoms with Gasteiger partial charge in [-0.15, -0.1) is 0 Å². The zero-order valence-electron chi connectivity index (χ0n) is 14.9. The summed E-state index contributed by atoms with van der Waals surface area (Å²) >= 11 is 5.92. The van der Waals surface area contributed by atoms with E-state index in [0.29, 0.717) is 27.6 Å². The van der Waals surface area contributed by atoms with Crippen LogP contribution in [0.2, 0.25) is 5.02 Å². The number of halogens is 1. The van der Waals surface area contributed by atoms with Crippen molar-refractivity contribution in [3.05, 3.63) is 58.8 Å². The number of amides is 1. The molecule has 0 unspecified atom stereocenters. The molecule has 7 heteroatoms. The smallest absolute Gasteiger partial charge is 0.310 e. The highest BCUT2D eigenvalue weighted by Crippen LogP contribution is 2.26. The molecule has 0 fully saturated rings. The predicted molar refractivity (Wildman–Crippen MR) is 102 cm³/mol. The van der Waals surface area contributed by atoms with Gasteiger partial charge in [0.1, 0.15) is 11.3 Å². The van der Waals surface area contributed by atoms with Crippen LogP contribution in [0.1, 0.15) is 11.1 Å². The molecule has 0 spiro atoms. The van der Waals surface area contributed by atoms with Crippen LogP contribution in [0.25, 0.3) is 11.0 Å². The number of methoxy groups -OCH3 is 1. The van der Waals surface area contributed by atoms with Crippen molar-refractivity contribution in [1.82, 2.24) is 0 Å². The SMILES string of the molecule is COc1ccc2c(CC(=O)OCC(=O)Nc3cc(Cl)ccc3C)coc2c1. The van der Waals surface area contributed by atoms with E-state index in [2.05, 4.69) is 5.32 Å². The van der Waals surface area contributed by atoms with Gasteiger partial charge in [0.25, 0.3) is 5.91 Å². The van der Waals surface area contributed by atoms with Crippen LogP contribution in [0, 0.1) is 6.92 Å². The lowest BCUT2D eigenvalue weighted by molar-refractivity contribution is -0.146. The summed E-state index contributed by atoms with van der Waals surface area (Å²) in [6.07, 6.45) is 1.50. The van der Waals surface area contributed by atoms with Gasteiger partial charge in [-0.1, -0.05) is 17.7 Å². The molecule has 0 saturated heterocycles. The largest absolute Gasteiger partial charge is 0.497 e. The Labute approximate surface area is 161 Å². The van der Waals surface area contributed by atoms with Crippen molar-refractivity contribution in [2.75, 3.05) is 19.0 Å². The molecule has 0 aliphatic carbocycles. The first-order chi connectivity index (χ1) is 13.0. The fourth-order valence-electron chi connectivity index (χ4n) is 2.60. The summed E-state index contributed by atoms with van der Waals surface area (Å²) in [5.74, 6) is -0.291. The third kappa shape index (κ3) is 4.60. The maximum Gasteiger partial charge on any atom is 0.310 e. The molecule has 1 aromatic heterocycles. The number of hydrogen-bond donors (Lipinski definition) is 1. The van der Waals surface area contributed by atoms with Gasteiger partial charge in [-0.25, -0.2) is 0 Å². The predicted octanol–water partition coefficient (Wildman–Crippen LogP) is 4.13. The summed E-state index contributed by atoms with van der Waals surface area (Å²) in [4.78, 5) is 24.1. The molecule has 0 saturated carbocycles. The minimum Gasteiger partial charge on any atom is -0.497 e. The number of hydrogen-bond acceptors (Lipinski definition) is 5. The highest BCUT2D eigenvalue weighted by molar-refractivity contribution is 6.31. The lowest BCUT2D eigenvalue weighted by Gasteiger charge is -2.09. The van der Waals surface area contributed by atoms with E-state index in [9.17, 15) is 9.59 Å². The van der Waals surface area contributed by atoms with Gasteiger partial charge >= 0.3 is 5.97 Å². The Morgan fingerprint density at radius 2 is 2.00 bits per heavy atom. The second-order valence-corrected chi connectivity index (χ2v) is 6.40. The van der Waals surface area contributed by atoms with Crippen LogP contribution in [-0.2, 0) is 20.7 Å². The molecular weight excluding hydrogens is 370 g/mol. The molecule has 2 aromatic carbocycles. The second-order valence-electron chi connectivity index (χ2n) is 5.97. The Morgan fingerprint density at radius 1 is 1.19 bits per heavy atom. The highest BCUT2D eigenvalue weighted by atomic mass is 35.5. The quantitative estimate of drug-likeness (QED) is 0.643. The van der Waals surface area contributed by atoms with Crippen molar-refractivity contribution in [2.24, 2.45) is 0 Å². The van der Waals surface area contributed by atoms with Crippen LogP contribution in [0.15, 0.2) is 47.1 Å². The number of anilines is 1. The number of aryl methyl sites for hydroxylation is 1. The van der Waals surface area contributed by atoms with E-state index in [1.165, 1.54) is 6.26 Å². The van der Waals surface area contributed by atoms with Gasteiger partial charge in [0, 0.05) is 27.7 Å². The lowest BCUT2D eigenvalue weighted by atomic mass is 10.1. The van der Waals surface area contributed by atoms with Gasteiger partial charge < -0.3 is 19.2 Å². The van der Waals surface area contributed by atoms with Crippen molar-refractivity contribution in [3.8, 4) is 5.75 Å². The molecule has 1 N–H and O–H groups in total. The number of carbonyl (C=O) groups excluding carboxylic acids is 2. The van der Waals surface area contributed by atoms with Gasteiger partial charge in [0.15, 0.2) is 6.61 Å². The van der Waals surface area contributed by atoms with Gasteiger partial charge in [-0.2, -0.15) is 0 Å². The average Bonchev–Trinajstić information content (AvgIpc) is 3.05. The minimum atomic E-state index is -0.522. The van der Waals surface area contributed by atoms with E-state index >= 15 is 0 Å². The first kappa shape index (κ1) is 18.8. The topological polar surface area (TPSA) is 77.8 Å². The molecule has 6 nitrogen and oxygen atoms in total. The molecule has 0 bridgehead atoms. The Hall–Kier alpha value is -2.99. The normalized spacial score (nSPS) is 10.6. The summed E-state index contributed by atoms with van der Waals surface area (Å²) in [5.41, 5.74) is 2.74.